The molecule has 0 aliphatic rings. The van der Waals surface area contributed by atoms with Crippen LogP contribution < -0.4 is 5.73 Å². The Labute approximate surface area is 108 Å². The van der Waals surface area contributed by atoms with Crippen LogP contribution in [0.2, 0.25) is 0 Å². The van der Waals surface area contributed by atoms with E-state index in [1.807, 2.05) is 13.8 Å². The maximum absolute atomic E-state index is 12.0. The van der Waals surface area contributed by atoms with Crippen molar-refractivity contribution in [3.63, 3.8) is 0 Å². The van der Waals surface area contributed by atoms with E-state index in [1.54, 1.807) is 36.2 Å². The van der Waals surface area contributed by atoms with Crippen molar-refractivity contribution in [2.45, 2.75) is 32.9 Å². The molecule has 100 valence electrons. The molecule has 1 rings (SSSR count). The normalized spacial score (nSPS) is 12.5. The van der Waals surface area contributed by atoms with Crippen molar-refractivity contribution in [3.05, 3.63) is 29.8 Å². The molecule has 4 heteroatoms. The third kappa shape index (κ3) is 4.37. The number of nitrogens with two attached hydrogens (primary N) is 1. The number of hydrogen-bond acceptors (Lipinski definition) is 3. The number of hydrogen-bond donors (Lipinski definition) is 2. The minimum atomic E-state index is -0.438. The Morgan fingerprint density at radius 3 is 2.39 bits per heavy atom. The molecule has 0 aliphatic carbocycles. The molecule has 3 N–H and O–H groups in total. The van der Waals surface area contributed by atoms with Gasteiger partial charge in [0.15, 0.2) is 0 Å². The van der Waals surface area contributed by atoms with Crippen LogP contribution in [0, 0.1) is 5.92 Å². The van der Waals surface area contributed by atoms with Gasteiger partial charge in [-0.2, -0.15) is 0 Å². The summed E-state index contributed by atoms with van der Waals surface area (Å²) in [6.07, 6.45) is 0.693. The fourth-order valence-electron chi connectivity index (χ4n) is 1.84. The second kappa shape index (κ2) is 6.40. The summed E-state index contributed by atoms with van der Waals surface area (Å²) in [4.78, 5) is 13.6. The molecule has 0 aromatic heterocycles. The van der Waals surface area contributed by atoms with Crippen molar-refractivity contribution in [2.24, 2.45) is 11.7 Å². The van der Waals surface area contributed by atoms with E-state index >= 15 is 0 Å². The van der Waals surface area contributed by atoms with Gasteiger partial charge in [0.1, 0.15) is 5.75 Å². The lowest BCUT2D eigenvalue weighted by molar-refractivity contribution is -0.132. The van der Waals surface area contributed by atoms with Gasteiger partial charge in [-0.1, -0.05) is 26.0 Å². The largest absolute Gasteiger partial charge is 0.508 e. The predicted octanol–water partition coefficient (Wildman–Crippen LogP) is 1.72. The predicted molar refractivity (Wildman–Crippen MR) is 72.0 cm³/mol. The molecule has 0 aliphatic heterocycles. The van der Waals surface area contributed by atoms with Gasteiger partial charge in [0.05, 0.1) is 6.04 Å². The van der Waals surface area contributed by atoms with E-state index in [1.165, 1.54) is 0 Å². The van der Waals surface area contributed by atoms with Gasteiger partial charge in [-0.3, -0.25) is 4.79 Å². The van der Waals surface area contributed by atoms with Crippen molar-refractivity contribution < 1.29 is 9.90 Å². The monoisotopic (exact) mass is 250 g/mol. The first-order valence-corrected chi connectivity index (χ1v) is 6.18. The molecular formula is C14H22N2O2. The second-order valence-electron chi connectivity index (χ2n) is 5.10. The number of phenols is 1. The van der Waals surface area contributed by atoms with Crippen LogP contribution in [0.1, 0.15) is 25.8 Å². The first-order valence-electron chi connectivity index (χ1n) is 6.18. The SMILES string of the molecule is CC(C)CC(N)C(=O)N(C)Cc1ccc(O)cc1. The fraction of sp³-hybridized carbons (Fsp3) is 0.500. The van der Waals surface area contributed by atoms with Gasteiger partial charge in [0.25, 0.3) is 0 Å². The number of carbonyl (C=O) groups is 1. The van der Waals surface area contributed by atoms with Crippen molar-refractivity contribution in [2.75, 3.05) is 7.05 Å². The summed E-state index contributed by atoms with van der Waals surface area (Å²) in [6.45, 7) is 4.60. The first kappa shape index (κ1) is 14.5. The third-order valence-electron chi connectivity index (χ3n) is 2.77. The summed E-state index contributed by atoms with van der Waals surface area (Å²) < 4.78 is 0. The molecule has 4 nitrogen and oxygen atoms in total. The maximum Gasteiger partial charge on any atom is 0.239 e. The average molecular weight is 250 g/mol. The van der Waals surface area contributed by atoms with Gasteiger partial charge in [-0.15, -0.1) is 0 Å². The van der Waals surface area contributed by atoms with E-state index in [4.69, 9.17) is 5.73 Å². The first-order chi connectivity index (χ1) is 8.40. The van der Waals surface area contributed by atoms with E-state index in [0.29, 0.717) is 18.9 Å². The molecule has 1 aromatic rings. The van der Waals surface area contributed by atoms with Gasteiger partial charge in [0, 0.05) is 13.6 Å². The molecule has 0 heterocycles. The van der Waals surface area contributed by atoms with Crippen LogP contribution in [-0.4, -0.2) is 29.0 Å². The van der Waals surface area contributed by atoms with Gasteiger partial charge in [-0.25, -0.2) is 0 Å². The van der Waals surface area contributed by atoms with Crippen LogP contribution >= 0.6 is 0 Å². The van der Waals surface area contributed by atoms with Crippen LogP contribution in [0.15, 0.2) is 24.3 Å². The molecule has 0 saturated heterocycles. The third-order valence-corrected chi connectivity index (χ3v) is 2.77. The lowest BCUT2D eigenvalue weighted by Gasteiger charge is -2.22. The highest BCUT2D eigenvalue weighted by atomic mass is 16.3. The Morgan fingerprint density at radius 1 is 1.33 bits per heavy atom. The minimum Gasteiger partial charge on any atom is -0.508 e. The molecular weight excluding hydrogens is 228 g/mol. The Bertz CT molecular complexity index is 387. The molecule has 0 spiro atoms. The van der Waals surface area contributed by atoms with E-state index < -0.39 is 6.04 Å². The molecule has 1 unspecified atom stereocenters. The highest BCUT2D eigenvalue weighted by Crippen LogP contribution is 2.12. The Kier molecular flexibility index (Phi) is 5.16. The number of benzene rings is 1. The zero-order valence-corrected chi connectivity index (χ0v) is 11.3. The molecule has 0 fully saturated rings. The summed E-state index contributed by atoms with van der Waals surface area (Å²) >= 11 is 0. The lowest BCUT2D eigenvalue weighted by Crippen LogP contribution is -2.42. The Hall–Kier alpha value is -1.55. The zero-order valence-electron chi connectivity index (χ0n) is 11.3. The topological polar surface area (TPSA) is 66.6 Å². The number of nitrogens with zero attached hydrogens (tertiary/aromatic N) is 1. The lowest BCUT2D eigenvalue weighted by atomic mass is 10.0. The van der Waals surface area contributed by atoms with Gasteiger partial charge in [0.2, 0.25) is 5.91 Å². The number of rotatable bonds is 5. The van der Waals surface area contributed by atoms with Gasteiger partial charge < -0.3 is 15.7 Å². The zero-order chi connectivity index (χ0) is 13.7. The van der Waals surface area contributed by atoms with E-state index in [2.05, 4.69) is 0 Å². The summed E-state index contributed by atoms with van der Waals surface area (Å²) in [5, 5.41) is 9.19. The molecule has 18 heavy (non-hydrogen) atoms. The second-order valence-corrected chi connectivity index (χ2v) is 5.10. The summed E-state index contributed by atoms with van der Waals surface area (Å²) in [5.74, 6) is 0.590. The molecule has 0 saturated carbocycles. The van der Waals surface area contributed by atoms with E-state index in [-0.39, 0.29) is 11.7 Å². The quantitative estimate of drug-likeness (QED) is 0.836. The number of aromatic hydroxyl groups is 1. The molecule has 1 atom stereocenters. The minimum absolute atomic E-state index is 0.0447. The Balaban J connectivity index is 2.56. The molecule has 1 amide bonds. The highest BCUT2D eigenvalue weighted by Gasteiger charge is 2.18. The molecule has 0 bridgehead atoms. The number of amides is 1. The van der Waals surface area contributed by atoms with Gasteiger partial charge >= 0.3 is 0 Å². The van der Waals surface area contributed by atoms with Crippen molar-refractivity contribution in [1.82, 2.24) is 4.90 Å². The maximum atomic E-state index is 12.0. The summed E-state index contributed by atoms with van der Waals surface area (Å²) in [7, 11) is 1.75. The van der Waals surface area contributed by atoms with Crippen LogP contribution in [-0.2, 0) is 11.3 Å². The Morgan fingerprint density at radius 2 is 1.89 bits per heavy atom. The van der Waals surface area contributed by atoms with Crippen LogP contribution in [0.4, 0.5) is 0 Å². The van der Waals surface area contributed by atoms with Crippen LogP contribution in [0.5, 0.6) is 5.75 Å². The van der Waals surface area contributed by atoms with E-state index in [0.717, 1.165) is 5.56 Å². The van der Waals surface area contributed by atoms with Crippen molar-refractivity contribution in [1.29, 1.82) is 0 Å². The van der Waals surface area contributed by atoms with E-state index in [9.17, 15) is 9.90 Å². The number of likely N-dealkylation sites (N-methyl/N-ethyl adjacent to an activating group) is 1. The highest BCUT2D eigenvalue weighted by molar-refractivity contribution is 5.81. The summed E-state index contributed by atoms with van der Waals surface area (Å²) in [6, 6.07) is 6.39. The van der Waals surface area contributed by atoms with Crippen molar-refractivity contribution in [3.8, 4) is 5.75 Å². The summed E-state index contributed by atoms with van der Waals surface area (Å²) in [5.41, 5.74) is 6.84. The average Bonchev–Trinajstić information content (AvgIpc) is 2.30. The fourth-order valence-corrected chi connectivity index (χ4v) is 1.84. The van der Waals surface area contributed by atoms with Gasteiger partial charge in [-0.05, 0) is 30.0 Å². The standard InChI is InChI=1S/C14H22N2O2/c1-10(2)8-13(15)14(18)16(3)9-11-4-6-12(17)7-5-11/h4-7,10,13,17H,8-9,15H2,1-3H3. The number of phenolic OH excluding ortho intramolecular Hbond substituents is 1. The van der Waals surface area contributed by atoms with Crippen LogP contribution in [0.25, 0.3) is 0 Å². The molecule has 0 radical (unpaired) electrons. The van der Waals surface area contributed by atoms with Crippen molar-refractivity contribution >= 4 is 5.91 Å². The smallest absolute Gasteiger partial charge is 0.239 e. The number of carbonyl (C=O) groups excluding carboxylic acids is 1. The van der Waals surface area contributed by atoms with Crippen LogP contribution in [0.3, 0.4) is 0 Å². The molecule has 1 aromatic carbocycles.